The van der Waals surface area contributed by atoms with Crippen LogP contribution >= 0.6 is 22.7 Å². The molecule has 1 nitrogen and oxygen atoms in total. The van der Waals surface area contributed by atoms with E-state index < -0.39 is 0 Å². The van der Waals surface area contributed by atoms with Crippen LogP contribution in [0.1, 0.15) is 0 Å². The third kappa shape index (κ3) is 3.31. The van der Waals surface area contributed by atoms with E-state index in [1.54, 1.807) is 0 Å². The highest BCUT2D eigenvalue weighted by Gasteiger charge is 2.14. The molecule has 0 aliphatic carbocycles. The number of furan rings is 1. The first kappa shape index (κ1) is 21.5. The van der Waals surface area contributed by atoms with Gasteiger partial charge in [-0.05, 0) is 75.1 Å². The molecule has 182 valence electrons. The second kappa shape index (κ2) is 8.03. The maximum atomic E-state index is 6.07. The van der Waals surface area contributed by atoms with Gasteiger partial charge in [0, 0.05) is 31.1 Å². The Morgan fingerprint density at radius 2 is 0.974 bits per heavy atom. The van der Waals surface area contributed by atoms with E-state index in [0.29, 0.717) is 0 Å². The molecule has 0 saturated heterocycles. The summed E-state index contributed by atoms with van der Waals surface area (Å²) in [7, 11) is 0. The molecule has 0 aliphatic rings. The highest BCUT2D eigenvalue weighted by Crippen LogP contribution is 2.46. The highest BCUT2D eigenvalue weighted by atomic mass is 32.1. The first-order valence-corrected chi connectivity index (χ1v) is 14.7. The van der Waals surface area contributed by atoms with E-state index >= 15 is 0 Å². The number of rotatable bonds is 2. The molecule has 9 aromatic rings. The molecule has 3 heterocycles. The number of thiophene rings is 2. The standard InChI is InChI=1S/C36H20OS2/c1-2-6-24-19-33-29(16-23(24)5-1)35-36(38-33)30-17-28-15-25(13-14-26(28)20-34(30)39-35)21-9-11-22(12-10-21)32-18-27-7-3-4-8-31(27)37-32/h1-20H. The van der Waals surface area contributed by atoms with Crippen LogP contribution in [0.5, 0.6) is 0 Å². The molecule has 0 unspecified atom stereocenters. The van der Waals surface area contributed by atoms with Crippen LogP contribution in [0.25, 0.3) is 84.5 Å². The molecule has 0 aliphatic heterocycles. The molecule has 0 N–H and O–H groups in total. The normalized spacial score (nSPS) is 12.1. The molecule has 3 aromatic heterocycles. The predicted molar refractivity (Wildman–Crippen MR) is 170 cm³/mol. The van der Waals surface area contributed by atoms with Crippen molar-refractivity contribution in [1.29, 1.82) is 0 Å². The SMILES string of the molecule is c1ccc2cc3c(cc2c1)sc1c2cc4cc(-c5ccc(-c6cc7ccccc7o6)cc5)ccc4cc2sc31. The van der Waals surface area contributed by atoms with Gasteiger partial charge in [0.1, 0.15) is 11.3 Å². The summed E-state index contributed by atoms with van der Waals surface area (Å²) in [6.45, 7) is 0. The van der Waals surface area contributed by atoms with Gasteiger partial charge in [0.25, 0.3) is 0 Å². The lowest BCUT2D eigenvalue weighted by Gasteiger charge is -2.06. The van der Waals surface area contributed by atoms with Gasteiger partial charge in [-0.25, -0.2) is 0 Å². The summed E-state index contributed by atoms with van der Waals surface area (Å²) in [4.78, 5) is 0. The van der Waals surface area contributed by atoms with E-state index in [1.165, 1.54) is 62.2 Å². The largest absolute Gasteiger partial charge is 0.456 e. The smallest absolute Gasteiger partial charge is 0.135 e. The average molecular weight is 533 g/mol. The summed E-state index contributed by atoms with van der Waals surface area (Å²) in [6.07, 6.45) is 0. The molecule has 0 amide bonds. The van der Waals surface area contributed by atoms with E-state index in [9.17, 15) is 0 Å². The van der Waals surface area contributed by atoms with E-state index in [2.05, 4.69) is 103 Å². The van der Waals surface area contributed by atoms with Crippen molar-refractivity contribution in [2.24, 2.45) is 0 Å². The molecular formula is C36H20OS2. The zero-order valence-electron chi connectivity index (χ0n) is 20.8. The molecule has 9 rings (SSSR count). The van der Waals surface area contributed by atoms with Gasteiger partial charge in [0.05, 0.1) is 9.40 Å². The van der Waals surface area contributed by atoms with Gasteiger partial charge in [-0.2, -0.15) is 0 Å². The number of fused-ring (bicyclic) bond motifs is 8. The minimum atomic E-state index is 0.904. The number of hydrogen-bond acceptors (Lipinski definition) is 3. The lowest BCUT2D eigenvalue weighted by atomic mass is 9.99. The molecule has 0 saturated carbocycles. The minimum Gasteiger partial charge on any atom is -0.456 e. The van der Waals surface area contributed by atoms with E-state index in [0.717, 1.165) is 22.3 Å². The van der Waals surface area contributed by atoms with Crippen LogP contribution in [0, 0.1) is 0 Å². The van der Waals surface area contributed by atoms with Gasteiger partial charge in [-0.3, -0.25) is 0 Å². The summed E-state index contributed by atoms with van der Waals surface area (Å²) in [5.74, 6) is 0.904. The van der Waals surface area contributed by atoms with Crippen molar-refractivity contribution >= 4 is 84.8 Å². The molecule has 0 atom stereocenters. The van der Waals surface area contributed by atoms with E-state index in [4.69, 9.17) is 4.42 Å². The molecule has 0 fully saturated rings. The molecule has 6 aromatic carbocycles. The van der Waals surface area contributed by atoms with E-state index in [1.807, 2.05) is 40.9 Å². The van der Waals surface area contributed by atoms with Crippen molar-refractivity contribution in [2.45, 2.75) is 0 Å². The predicted octanol–water partition coefficient (Wildman–Crippen LogP) is 11.7. The number of benzene rings is 6. The van der Waals surface area contributed by atoms with Gasteiger partial charge in [0.2, 0.25) is 0 Å². The maximum absolute atomic E-state index is 6.07. The fourth-order valence-corrected chi connectivity index (χ4v) is 8.51. The molecule has 0 radical (unpaired) electrons. The summed E-state index contributed by atoms with van der Waals surface area (Å²) in [6, 6.07) is 43.9. The molecule has 39 heavy (non-hydrogen) atoms. The number of hydrogen-bond donors (Lipinski definition) is 0. The first-order valence-electron chi connectivity index (χ1n) is 13.1. The van der Waals surface area contributed by atoms with Crippen molar-refractivity contribution < 1.29 is 4.42 Å². The van der Waals surface area contributed by atoms with Crippen LogP contribution in [-0.4, -0.2) is 0 Å². The zero-order chi connectivity index (χ0) is 25.5. The number of para-hydroxylation sites is 1. The fraction of sp³-hybridized carbons (Fsp3) is 0. The Bertz CT molecular complexity index is 2350. The van der Waals surface area contributed by atoms with Crippen molar-refractivity contribution in [3.8, 4) is 22.5 Å². The van der Waals surface area contributed by atoms with Gasteiger partial charge in [-0.15, -0.1) is 22.7 Å². The third-order valence-electron chi connectivity index (χ3n) is 7.83. The summed E-state index contributed by atoms with van der Waals surface area (Å²) in [5, 5.41) is 9.06. The monoisotopic (exact) mass is 532 g/mol. The lowest BCUT2D eigenvalue weighted by Crippen LogP contribution is -1.80. The van der Waals surface area contributed by atoms with Gasteiger partial charge in [0.15, 0.2) is 0 Å². The Morgan fingerprint density at radius 3 is 1.69 bits per heavy atom. The molecular weight excluding hydrogens is 513 g/mol. The molecule has 0 spiro atoms. The van der Waals surface area contributed by atoms with Gasteiger partial charge in [-0.1, -0.05) is 78.9 Å². The zero-order valence-corrected chi connectivity index (χ0v) is 22.4. The second-order valence-electron chi connectivity index (χ2n) is 10.2. The van der Waals surface area contributed by atoms with Crippen LogP contribution < -0.4 is 0 Å². The Labute approximate surface area is 232 Å². The summed E-state index contributed by atoms with van der Waals surface area (Å²) >= 11 is 3.85. The Balaban J connectivity index is 1.15. The Hall–Kier alpha value is -4.44. The average Bonchev–Trinajstić information content (AvgIpc) is 3.66. The summed E-state index contributed by atoms with van der Waals surface area (Å²) < 4.78 is 11.6. The highest BCUT2D eigenvalue weighted by molar-refractivity contribution is 7.36. The van der Waals surface area contributed by atoms with Crippen molar-refractivity contribution in [3.63, 3.8) is 0 Å². The molecule has 3 heteroatoms. The Kier molecular flexibility index (Phi) is 4.43. The maximum Gasteiger partial charge on any atom is 0.135 e. The van der Waals surface area contributed by atoms with Crippen molar-refractivity contribution in [3.05, 3.63) is 121 Å². The quantitative estimate of drug-likeness (QED) is 0.216. The van der Waals surface area contributed by atoms with Gasteiger partial charge >= 0.3 is 0 Å². The fourth-order valence-electron chi connectivity index (χ4n) is 5.82. The van der Waals surface area contributed by atoms with Crippen LogP contribution in [-0.2, 0) is 0 Å². The molecule has 0 bridgehead atoms. The van der Waals surface area contributed by atoms with Crippen LogP contribution in [0.2, 0.25) is 0 Å². The van der Waals surface area contributed by atoms with E-state index in [-0.39, 0.29) is 0 Å². The topological polar surface area (TPSA) is 13.1 Å². The summed E-state index contributed by atoms with van der Waals surface area (Å²) in [5.41, 5.74) is 4.45. The lowest BCUT2D eigenvalue weighted by molar-refractivity contribution is 0.631. The first-order chi connectivity index (χ1) is 19.3. The van der Waals surface area contributed by atoms with Crippen molar-refractivity contribution in [2.75, 3.05) is 0 Å². The minimum absolute atomic E-state index is 0.904. The van der Waals surface area contributed by atoms with Crippen LogP contribution in [0.3, 0.4) is 0 Å². The third-order valence-corrected chi connectivity index (χ3v) is 10.3. The van der Waals surface area contributed by atoms with Crippen LogP contribution in [0.15, 0.2) is 126 Å². The van der Waals surface area contributed by atoms with Gasteiger partial charge < -0.3 is 4.42 Å². The Morgan fingerprint density at radius 1 is 0.410 bits per heavy atom. The second-order valence-corrected chi connectivity index (χ2v) is 12.3. The van der Waals surface area contributed by atoms with Crippen molar-refractivity contribution in [1.82, 2.24) is 0 Å². The van der Waals surface area contributed by atoms with Crippen LogP contribution in [0.4, 0.5) is 0 Å².